The van der Waals surface area contributed by atoms with E-state index in [1.54, 1.807) is 42.9 Å². The van der Waals surface area contributed by atoms with Crippen molar-refractivity contribution >= 4 is 28.5 Å². The minimum absolute atomic E-state index is 0.133. The quantitative estimate of drug-likeness (QED) is 0.835. The van der Waals surface area contributed by atoms with E-state index in [1.165, 1.54) is 4.90 Å². The lowest BCUT2D eigenvalue weighted by molar-refractivity contribution is -0.130. The average Bonchev–Trinajstić information content (AvgIpc) is 2.72. The van der Waals surface area contributed by atoms with E-state index in [0.29, 0.717) is 5.56 Å². The summed E-state index contributed by atoms with van der Waals surface area (Å²) in [5, 5.41) is 9.29. The highest BCUT2D eigenvalue weighted by molar-refractivity contribution is 7.85. The molecule has 1 amide bonds. The number of nitrogens with zero attached hydrogens (tertiary/aromatic N) is 4. The minimum atomic E-state index is -1.15. The molecule has 8 heteroatoms. The molecule has 1 aliphatic heterocycles. The molecule has 2 aromatic carbocycles. The third-order valence-electron chi connectivity index (χ3n) is 5.38. The fraction of sp³-hybridized carbons (Fsp3) is 0.286. The van der Waals surface area contributed by atoms with Gasteiger partial charge in [-0.1, -0.05) is 24.3 Å². The van der Waals surface area contributed by atoms with E-state index in [2.05, 4.69) is 11.1 Å². The zero-order valence-corrected chi connectivity index (χ0v) is 17.6. The summed E-state index contributed by atoms with van der Waals surface area (Å²) >= 11 is 0. The van der Waals surface area contributed by atoms with Gasteiger partial charge in [0, 0.05) is 26.0 Å². The predicted molar refractivity (Wildman–Crippen MR) is 115 cm³/mol. The van der Waals surface area contributed by atoms with Crippen molar-refractivity contribution in [3.8, 4) is 6.07 Å². The fourth-order valence-electron chi connectivity index (χ4n) is 3.55. The third kappa shape index (κ3) is 3.61. The molecule has 1 aliphatic rings. The van der Waals surface area contributed by atoms with Crippen molar-refractivity contribution in [2.45, 2.75) is 18.4 Å². The molecule has 0 spiro atoms. The Labute approximate surface area is 173 Å². The number of amides is 1. The molecule has 0 fully saturated rings. The second kappa shape index (κ2) is 7.68. The van der Waals surface area contributed by atoms with Crippen molar-refractivity contribution in [3.63, 3.8) is 0 Å². The second-order valence-corrected chi connectivity index (χ2v) is 8.55. The molecule has 29 heavy (non-hydrogen) atoms. The van der Waals surface area contributed by atoms with Crippen LogP contribution in [0.4, 0.5) is 5.69 Å². The van der Waals surface area contributed by atoms with Crippen LogP contribution >= 0.6 is 0 Å². The molecule has 3 atom stereocenters. The van der Waals surface area contributed by atoms with Gasteiger partial charge in [-0.25, -0.2) is 9.20 Å². The summed E-state index contributed by atoms with van der Waals surface area (Å²) in [7, 11) is 2.19. The summed E-state index contributed by atoms with van der Waals surface area (Å²) in [6.45, 7) is 1.85. The maximum absolute atomic E-state index is 13.2. The average molecular weight is 410 g/mol. The maximum Gasteiger partial charge on any atom is 0.239 e. The van der Waals surface area contributed by atoms with Crippen LogP contribution in [0.15, 0.2) is 53.5 Å². The van der Waals surface area contributed by atoms with Gasteiger partial charge in [-0.2, -0.15) is 5.26 Å². The van der Waals surface area contributed by atoms with Gasteiger partial charge in [0.2, 0.25) is 5.91 Å². The van der Waals surface area contributed by atoms with Crippen LogP contribution in [0.3, 0.4) is 0 Å². The van der Waals surface area contributed by atoms with Gasteiger partial charge in [0.05, 0.1) is 17.6 Å². The predicted octanol–water partition coefficient (Wildman–Crippen LogP) is 2.07. The highest BCUT2D eigenvalue weighted by atomic mass is 32.2. The Bertz CT molecular complexity index is 1040. The van der Waals surface area contributed by atoms with Crippen LogP contribution in [0.5, 0.6) is 0 Å². The number of likely N-dealkylation sites (N-methyl/N-ethyl adjacent to an activating group) is 1. The number of nitriles is 1. The Kier molecular flexibility index (Phi) is 5.44. The van der Waals surface area contributed by atoms with E-state index < -0.39 is 22.4 Å². The topological polar surface area (TPSA) is 103 Å². The molecular formula is C21H23N5O2S. The highest BCUT2D eigenvalue weighted by Gasteiger charge is 2.47. The Hall–Kier alpha value is -3.18. The Morgan fingerprint density at radius 3 is 2.52 bits per heavy atom. The first kappa shape index (κ1) is 20.6. The van der Waals surface area contributed by atoms with Gasteiger partial charge in [0.15, 0.2) is 5.96 Å². The summed E-state index contributed by atoms with van der Waals surface area (Å²) in [6, 6.07) is 16.6. The summed E-state index contributed by atoms with van der Waals surface area (Å²) in [4.78, 5) is 19.3. The Morgan fingerprint density at radius 2 is 1.93 bits per heavy atom. The van der Waals surface area contributed by atoms with Crippen molar-refractivity contribution in [2.75, 3.05) is 24.7 Å². The van der Waals surface area contributed by atoms with Gasteiger partial charge < -0.3 is 5.73 Å². The summed E-state index contributed by atoms with van der Waals surface area (Å²) in [5.41, 5.74) is 7.84. The Morgan fingerprint density at radius 1 is 1.28 bits per heavy atom. The fourth-order valence-corrected chi connectivity index (χ4v) is 3.97. The molecule has 3 rings (SSSR count). The summed E-state index contributed by atoms with van der Waals surface area (Å²) in [5.74, 6) is -0.670. The molecule has 0 radical (unpaired) electrons. The molecule has 2 N–H and O–H groups in total. The van der Waals surface area contributed by atoms with Crippen LogP contribution in [0.1, 0.15) is 29.5 Å². The zero-order chi connectivity index (χ0) is 21.3. The molecule has 0 aliphatic carbocycles. The van der Waals surface area contributed by atoms with Gasteiger partial charge >= 0.3 is 0 Å². The lowest BCUT2D eigenvalue weighted by atomic mass is 9.74. The summed E-state index contributed by atoms with van der Waals surface area (Å²) < 4.78 is 13.4. The standard InChI is InChI=1S/C21H23N5O2S/c1-21(16-7-5-6-14(12-16)13-22)18(19(27)25(2)20(23)24-21)15-8-10-17(11-9-15)26(3)29(4)28/h5-12,18H,1-4H3,(H2,23,24)/t18-,21?,29?/m0/s1. The largest absolute Gasteiger partial charge is 0.369 e. The normalized spacial score (nSPS) is 22.6. The molecule has 2 unspecified atom stereocenters. The third-order valence-corrected chi connectivity index (χ3v) is 6.36. The molecule has 0 saturated heterocycles. The van der Waals surface area contributed by atoms with Crippen molar-refractivity contribution in [1.29, 1.82) is 5.26 Å². The van der Waals surface area contributed by atoms with Crippen molar-refractivity contribution < 1.29 is 9.00 Å². The number of aliphatic imine (C=N–C) groups is 1. The first-order valence-corrected chi connectivity index (χ1v) is 10.5. The molecule has 150 valence electrons. The van der Waals surface area contributed by atoms with E-state index >= 15 is 0 Å². The van der Waals surface area contributed by atoms with E-state index in [9.17, 15) is 14.3 Å². The van der Waals surface area contributed by atoms with Gasteiger partial charge in [-0.15, -0.1) is 0 Å². The summed E-state index contributed by atoms with van der Waals surface area (Å²) in [6.07, 6.45) is 1.60. The first-order valence-electron chi connectivity index (χ1n) is 9.00. The number of hydrogen-bond acceptors (Lipinski definition) is 5. The molecule has 2 aromatic rings. The highest BCUT2D eigenvalue weighted by Crippen LogP contribution is 2.44. The first-order chi connectivity index (χ1) is 13.7. The van der Waals surface area contributed by atoms with Crippen LogP contribution in [0, 0.1) is 11.3 Å². The number of benzene rings is 2. The van der Waals surface area contributed by atoms with Gasteiger partial charge in [-0.3, -0.25) is 14.0 Å². The van der Waals surface area contributed by atoms with Crippen LogP contribution in [0.25, 0.3) is 0 Å². The zero-order valence-electron chi connectivity index (χ0n) is 16.8. The number of nitrogens with two attached hydrogens (primary N) is 1. The smallest absolute Gasteiger partial charge is 0.239 e. The number of rotatable bonds is 4. The number of guanidine groups is 1. The van der Waals surface area contributed by atoms with Gasteiger partial charge in [0.25, 0.3) is 0 Å². The van der Waals surface area contributed by atoms with Crippen LogP contribution in [-0.2, 0) is 21.3 Å². The number of carbonyl (C=O) groups is 1. The lowest BCUT2D eigenvalue weighted by Crippen LogP contribution is -2.52. The molecule has 0 aromatic heterocycles. The van der Waals surface area contributed by atoms with E-state index in [-0.39, 0.29) is 11.9 Å². The van der Waals surface area contributed by atoms with E-state index in [4.69, 9.17) is 5.73 Å². The number of carbonyl (C=O) groups excluding carboxylic acids is 1. The SMILES string of the molecule is CN1C(=O)[C@H](c2ccc(N(C)S(C)=O)cc2)C(C)(c2cccc(C#N)c2)N=C1N. The molecule has 1 heterocycles. The van der Waals surface area contributed by atoms with Crippen molar-refractivity contribution in [3.05, 3.63) is 65.2 Å². The molecule has 7 nitrogen and oxygen atoms in total. The van der Waals surface area contributed by atoms with Crippen LogP contribution in [0.2, 0.25) is 0 Å². The van der Waals surface area contributed by atoms with Crippen molar-refractivity contribution in [2.24, 2.45) is 10.7 Å². The lowest BCUT2D eigenvalue weighted by Gasteiger charge is -2.41. The van der Waals surface area contributed by atoms with Gasteiger partial charge in [-0.05, 0) is 42.3 Å². The minimum Gasteiger partial charge on any atom is -0.369 e. The molecule has 0 saturated carbocycles. The number of anilines is 1. The van der Waals surface area contributed by atoms with Crippen LogP contribution in [-0.4, -0.2) is 41.3 Å². The van der Waals surface area contributed by atoms with E-state index in [1.807, 2.05) is 37.3 Å². The molecular weight excluding hydrogens is 386 g/mol. The van der Waals surface area contributed by atoms with E-state index in [0.717, 1.165) is 16.8 Å². The Balaban J connectivity index is 2.14. The van der Waals surface area contributed by atoms with Crippen LogP contribution < -0.4 is 10.0 Å². The molecule has 0 bridgehead atoms. The van der Waals surface area contributed by atoms with Gasteiger partial charge in [0.1, 0.15) is 16.5 Å². The second-order valence-electron chi connectivity index (χ2n) is 7.15. The number of hydrogen-bond donors (Lipinski definition) is 1. The maximum atomic E-state index is 13.2. The monoisotopic (exact) mass is 409 g/mol. The van der Waals surface area contributed by atoms with Crippen molar-refractivity contribution in [1.82, 2.24) is 4.90 Å².